The fourth-order valence-corrected chi connectivity index (χ4v) is 0.453. The summed E-state index contributed by atoms with van der Waals surface area (Å²) in [6.07, 6.45) is 0. The minimum absolute atomic E-state index is 0. The van der Waals surface area contributed by atoms with E-state index in [0.717, 1.165) is 0 Å². The SMILES string of the molecule is Oc1ccc(O)cc1.[CaH2].[CaH2]. The van der Waals surface area contributed by atoms with Crippen molar-refractivity contribution < 1.29 is 10.2 Å². The van der Waals surface area contributed by atoms with Crippen LogP contribution in [0, 0.1) is 0 Å². The number of phenolic OH excluding ortho intramolecular Hbond substituents is 2. The van der Waals surface area contributed by atoms with Crippen molar-refractivity contribution in [3.63, 3.8) is 0 Å². The molecule has 0 spiro atoms. The van der Waals surface area contributed by atoms with Crippen LogP contribution in [0.25, 0.3) is 0 Å². The quantitative estimate of drug-likeness (QED) is 0.422. The van der Waals surface area contributed by atoms with Crippen molar-refractivity contribution in [2.45, 2.75) is 0 Å². The van der Waals surface area contributed by atoms with Crippen molar-refractivity contribution in [3.8, 4) is 11.5 Å². The third-order valence-corrected chi connectivity index (χ3v) is 0.850. The molecule has 0 aliphatic rings. The Labute approximate surface area is 119 Å². The van der Waals surface area contributed by atoms with E-state index in [-0.39, 0.29) is 87.0 Å². The average molecular weight is 194 g/mol. The summed E-state index contributed by atoms with van der Waals surface area (Å²) in [5.74, 6) is 0.339. The topological polar surface area (TPSA) is 40.5 Å². The van der Waals surface area contributed by atoms with E-state index >= 15 is 0 Å². The summed E-state index contributed by atoms with van der Waals surface area (Å²) in [5, 5.41) is 17.3. The van der Waals surface area contributed by atoms with E-state index in [0.29, 0.717) is 0 Å². The fourth-order valence-electron chi connectivity index (χ4n) is 0.453. The summed E-state index contributed by atoms with van der Waals surface area (Å²) in [6, 6.07) is 5.70. The summed E-state index contributed by atoms with van der Waals surface area (Å²) in [4.78, 5) is 0. The van der Waals surface area contributed by atoms with Crippen molar-refractivity contribution in [3.05, 3.63) is 24.3 Å². The van der Waals surface area contributed by atoms with Crippen LogP contribution in [0.3, 0.4) is 0 Å². The Morgan fingerprint density at radius 2 is 0.900 bits per heavy atom. The summed E-state index contributed by atoms with van der Waals surface area (Å²) < 4.78 is 0. The van der Waals surface area contributed by atoms with E-state index in [9.17, 15) is 0 Å². The van der Waals surface area contributed by atoms with Gasteiger partial charge in [0.1, 0.15) is 11.5 Å². The summed E-state index contributed by atoms with van der Waals surface area (Å²) in [5.41, 5.74) is 0. The summed E-state index contributed by atoms with van der Waals surface area (Å²) >= 11 is 0. The third kappa shape index (κ3) is 5.05. The van der Waals surface area contributed by atoms with Gasteiger partial charge in [0.05, 0.1) is 0 Å². The van der Waals surface area contributed by atoms with Crippen LogP contribution in [0.2, 0.25) is 0 Å². The molecule has 0 unspecified atom stereocenters. The normalized spacial score (nSPS) is 7.20. The molecule has 4 heteroatoms. The Balaban J connectivity index is 0. The van der Waals surface area contributed by atoms with Gasteiger partial charge < -0.3 is 10.2 Å². The van der Waals surface area contributed by atoms with Crippen LogP contribution in [0.5, 0.6) is 11.5 Å². The van der Waals surface area contributed by atoms with E-state index in [1.54, 1.807) is 0 Å². The summed E-state index contributed by atoms with van der Waals surface area (Å²) in [6.45, 7) is 0. The van der Waals surface area contributed by atoms with Gasteiger partial charge in [0.2, 0.25) is 0 Å². The number of phenols is 2. The molecule has 0 saturated heterocycles. The molecule has 1 rings (SSSR count). The van der Waals surface area contributed by atoms with Crippen LogP contribution in [-0.4, -0.2) is 85.7 Å². The van der Waals surface area contributed by atoms with Crippen molar-refractivity contribution in [2.24, 2.45) is 0 Å². The molecule has 0 atom stereocenters. The van der Waals surface area contributed by atoms with Crippen LogP contribution in [0.4, 0.5) is 0 Å². The molecule has 0 amide bonds. The number of hydrogen-bond donors (Lipinski definition) is 2. The number of aromatic hydroxyl groups is 2. The van der Waals surface area contributed by atoms with Crippen LogP contribution in [0.1, 0.15) is 0 Å². The Kier molecular flexibility index (Phi) is 9.75. The number of benzene rings is 1. The average Bonchev–Trinajstić information content (AvgIpc) is 1.77. The predicted molar refractivity (Wildman–Crippen MR) is 46.9 cm³/mol. The second-order valence-electron chi connectivity index (χ2n) is 1.52. The molecule has 0 fully saturated rings. The Bertz CT molecular complexity index is 153. The first-order valence-corrected chi connectivity index (χ1v) is 2.27. The Morgan fingerprint density at radius 3 is 1.10 bits per heavy atom. The van der Waals surface area contributed by atoms with Crippen molar-refractivity contribution in [1.29, 1.82) is 0 Å². The predicted octanol–water partition coefficient (Wildman–Crippen LogP) is -0.735. The minimum atomic E-state index is 0. The molecule has 50 valence electrons. The van der Waals surface area contributed by atoms with Gasteiger partial charge >= 0.3 is 75.5 Å². The van der Waals surface area contributed by atoms with Gasteiger partial charge in [-0.3, -0.25) is 0 Å². The van der Waals surface area contributed by atoms with Gasteiger partial charge in [-0.2, -0.15) is 0 Å². The van der Waals surface area contributed by atoms with Crippen LogP contribution in [-0.2, 0) is 0 Å². The maximum atomic E-state index is 8.65. The molecule has 0 aliphatic carbocycles. The molecule has 1 aromatic rings. The van der Waals surface area contributed by atoms with Gasteiger partial charge in [-0.1, -0.05) is 0 Å². The number of hydrogen-bond acceptors (Lipinski definition) is 2. The van der Waals surface area contributed by atoms with Gasteiger partial charge in [-0.15, -0.1) is 0 Å². The molecule has 0 radical (unpaired) electrons. The zero-order valence-electron chi connectivity index (χ0n) is 4.20. The van der Waals surface area contributed by atoms with Crippen LogP contribution < -0.4 is 0 Å². The summed E-state index contributed by atoms with van der Waals surface area (Å²) in [7, 11) is 0. The molecular formula is C6H10Ca2O2. The van der Waals surface area contributed by atoms with Gasteiger partial charge in [-0.05, 0) is 24.3 Å². The first-order chi connectivity index (χ1) is 3.79. The van der Waals surface area contributed by atoms with Crippen molar-refractivity contribution >= 4 is 75.5 Å². The maximum absolute atomic E-state index is 8.65. The van der Waals surface area contributed by atoms with Crippen molar-refractivity contribution in [2.75, 3.05) is 0 Å². The van der Waals surface area contributed by atoms with Crippen LogP contribution in [0.15, 0.2) is 24.3 Å². The third-order valence-electron chi connectivity index (χ3n) is 0.850. The molecule has 0 bridgehead atoms. The second kappa shape index (κ2) is 7.01. The molecule has 2 N–H and O–H groups in total. The van der Waals surface area contributed by atoms with Crippen molar-refractivity contribution in [1.82, 2.24) is 0 Å². The van der Waals surface area contributed by atoms with Gasteiger partial charge in [0, 0.05) is 0 Å². The second-order valence-corrected chi connectivity index (χ2v) is 1.52. The zero-order valence-corrected chi connectivity index (χ0v) is 4.20. The molecule has 0 aromatic heterocycles. The standard InChI is InChI=1S/C6H6O2.2Ca.4H/c7-5-1-2-6(8)4-3-5;;;;;;/h1-4,7-8H;;;;;;. The van der Waals surface area contributed by atoms with Gasteiger partial charge in [0.15, 0.2) is 0 Å². The van der Waals surface area contributed by atoms with Gasteiger partial charge in [0.25, 0.3) is 0 Å². The van der Waals surface area contributed by atoms with E-state index < -0.39 is 0 Å². The van der Waals surface area contributed by atoms with E-state index in [2.05, 4.69) is 0 Å². The monoisotopic (exact) mass is 194 g/mol. The fraction of sp³-hybridized carbons (Fsp3) is 0. The molecule has 2 nitrogen and oxygen atoms in total. The molecular weight excluding hydrogens is 184 g/mol. The Morgan fingerprint density at radius 1 is 0.700 bits per heavy atom. The van der Waals surface area contributed by atoms with E-state index in [4.69, 9.17) is 10.2 Å². The van der Waals surface area contributed by atoms with E-state index in [1.807, 2.05) is 0 Å². The zero-order chi connectivity index (χ0) is 5.98. The molecule has 0 heterocycles. The first-order valence-electron chi connectivity index (χ1n) is 2.27. The van der Waals surface area contributed by atoms with Gasteiger partial charge in [-0.25, -0.2) is 0 Å². The van der Waals surface area contributed by atoms with E-state index in [1.165, 1.54) is 24.3 Å². The Hall–Kier alpha value is 1.34. The molecule has 1 aromatic carbocycles. The first kappa shape index (κ1) is 13.9. The molecule has 0 saturated carbocycles. The number of rotatable bonds is 0. The molecule has 0 aliphatic heterocycles. The van der Waals surface area contributed by atoms with Crippen LogP contribution >= 0.6 is 0 Å². The molecule has 10 heavy (non-hydrogen) atoms.